The Hall–Kier alpha value is -0.810. The molecule has 2 aliphatic carbocycles. The van der Waals surface area contributed by atoms with E-state index in [9.17, 15) is 4.79 Å². The van der Waals surface area contributed by atoms with Crippen molar-refractivity contribution in [2.45, 2.75) is 44.2 Å². The van der Waals surface area contributed by atoms with Gasteiger partial charge in [-0.15, -0.1) is 0 Å². The predicted molar refractivity (Wildman–Crippen MR) is 61.2 cm³/mol. The maximum Gasteiger partial charge on any atom is 0.338 e. The Labute approximate surface area is 101 Å². The molecule has 3 rings (SSSR count). The molecule has 2 N–H and O–H groups in total. The number of rotatable bonds is 2. The second-order valence-electron chi connectivity index (χ2n) is 5.44. The summed E-state index contributed by atoms with van der Waals surface area (Å²) in [6.45, 7) is 0.848. The average molecular weight is 240 g/mol. The fourth-order valence-electron chi connectivity index (χ4n) is 4.17. The Balaban J connectivity index is 1.71. The number of nitrogens with one attached hydrogen (secondary N) is 2. The molecule has 0 unspecified atom stereocenters. The molecule has 0 aromatic carbocycles. The Kier molecular flexibility index (Phi) is 2.75. The standard InChI is InChI=1S/C12H20N2O3/c1-16-14-11(15)13-9-8-4-7-17-10(8)12(9)5-2-3-6-12/h8-10H,2-7H2,1H3,(H2,13,14,15)/t8-,9+,10-/m0/s1. The molecule has 3 fully saturated rings. The van der Waals surface area contributed by atoms with Crippen LogP contribution in [-0.4, -0.2) is 31.9 Å². The van der Waals surface area contributed by atoms with Crippen molar-refractivity contribution in [1.82, 2.24) is 10.8 Å². The average Bonchev–Trinajstić information content (AvgIpc) is 2.94. The Morgan fingerprint density at radius 1 is 1.41 bits per heavy atom. The van der Waals surface area contributed by atoms with Gasteiger partial charge >= 0.3 is 6.03 Å². The first kappa shape index (κ1) is 11.3. The summed E-state index contributed by atoms with van der Waals surface area (Å²) >= 11 is 0. The van der Waals surface area contributed by atoms with E-state index in [1.807, 2.05) is 0 Å². The lowest BCUT2D eigenvalue weighted by molar-refractivity contribution is -0.127. The van der Waals surface area contributed by atoms with Crippen LogP contribution in [0.4, 0.5) is 4.79 Å². The van der Waals surface area contributed by atoms with Crippen LogP contribution < -0.4 is 10.8 Å². The molecule has 1 saturated heterocycles. The van der Waals surface area contributed by atoms with Crippen LogP contribution in [-0.2, 0) is 9.57 Å². The number of fused-ring (bicyclic) bond motifs is 2. The summed E-state index contributed by atoms with van der Waals surface area (Å²) in [5.74, 6) is 0.510. The second kappa shape index (κ2) is 4.14. The number of hydrogen-bond donors (Lipinski definition) is 2. The van der Waals surface area contributed by atoms with Crippen LogP contribution in [0.15, 0.2) is 0 Å². The van der Waals surface area contributed by atoms with Gasteiger partial charge < -0.3 is 10.1 Å². The maximum atomic E-state index is 11.6. The van der Waals surface area contributed by atoms with Gasteiger partial charge in [0.2, 0.25) is 0 Å². The first-order valence-corrected chi connectivity index (χ1v) is 6.49. The van der Waals surface area contributed by atoms with Gasteiger partial charge in [-0.3, -0.25) is 4.84 Å². The van der Waals surface area contributed by atoms with E-state index < -0.39 is 0 Å². The van der Waals surface area contributed by atoms with Crippen molar-refractivity contribution in [3.63, 3.8) is 0 Å². The highest BCUT2D eigenvalue weighted by Gasteiger charge is 2.65. The summed E-state index contributed by atoms with van der Waals surface area (Å²) < 4.78 is 5.86. The molecule has 5 heteroatoms. The normalized spacial score (nSPS) is 37.6. The zero-order valence-electron chi connectivity index (χ0n) is 10.2. The fraction of sp³-hybridized carbons (Fsp3) is 0.917. The van der Waals surface area contributed by atoms with Gasteiger partial charge in [0, 0.05) is 24.0 Å². The first-order chi connectivity index (χ1) is 8.28. The van der Waals surface area contributed by atoms with Crippen molar-refractivity contribution in [3.05, 3.63) is 0 Å². The topological polar surface area (TPSA) is 59.6 Å². The molecule has 3 aliphatic rings. The molecule has 2 saturated carbocycles. The minimum atomic E-state index is -0.228. The van der Waals surface area contributed by atoms with Crippen LogP contribution in [0.3, 0.4) is 0 Å². The SMILES string of the molecule is CONC(=O)N[C@@H]1[C@@H]2CCO[C@@H]2C12CCCC2. The summed E-state index contributed by atoms with van der Waals surface area (Å²) in [6, 6.07) is 0.0433. The number of carbonyl (C=O) groups excluding carboxylic acids is 1. The zero-order valence-corrected chi connectivity index (χ0v) is 10.2. The number of urea groups is 1. The van der Waals surface area contributed by atoms with Gasteiger partial charge in [-0.2, -0.15) is 0 Å². The van der Waals surface area contributed by atoms with E-state index in [-0.39, 0.29) is 17.5 Å². The van der Waals surface area contributed by atoms with Crippen LogP contribution >= 0.6 is 0 Å². The van der Waals surface area contributed by atoms with Crippen molar-refractivity contribution in [2.75, 3.05) is 13.7 Å². The molecule has 1 aliphatic heterocycles. The van der Waals surface area contributed by atoms with Gasteiger partial charge in [0.05, 0.1) is 13.2 Å². The van der Waals surface area contributed by atoms with Crippen molar-refractivity contribution in [3.8, 4) is 0 Å². The van der Waals surface area contributed by atoms with E-state index in [4.69, 9.17) is 4.74 Å². The molecule has 96 valence electrons. The van der Waals surface area contributed by atoms with E-state index in [2.05, 4.69) is 15.6 Å². The van der Waals surface area contributed by atoms with Crippen molar-refractivity contribution < 1.29 is 14.4 Å². The molecule has 1 spiro atoms. The van der Waals surface area contributed by atoms with E-state index in [1.54, 1.807) is 0 Å². The molecule has 0 bridgehead atoms. The molecule has 1 heterocycles. The molecule has 5 nitrogen and oxygen atoms in total. The van der Waals surface area contributed by atoms with Crippen molar-refractivity contribution in [2.24, 2.45) is 11.3 Å². The molecule has 0 aromatic rings. The van der Waals surface area contributed by atoms with Crippen LogP contribution in [0.25, 0.3) is 0 Å². The third-order valence-corrected chi connectivity index (χ3v) is 4.77. The van der Waals surface area contributed by atoms with E-state index in [0.29, 0.717) is 12.0 Å². The van der Waals surface area contributed by atoms with Gasteiger partial charge in [0.1, 0.15) is 0 Å². The van der Waals surface area contributed by atoms with Gasteiger partial charge in [0.15, 0.2) is 0 Å². The van der Waals surface area contributed by atoms with E-state index in [1.165, 1.54) is 32.8 Å². The maximum absolute atomic E-state index is 11.6. The summed E-state index contributed by atoms with van der Waals surface area (Å²) in [4.78, 5) is 16.2. The smallest absolute Gasteiger partial charge is 0.338 e. The molecule has 3 atom stereocenters. The second-order valence-corrected chi connectivity index (χ2v) is 5.44. The summed E-state index contributed by atoms with van der Waals surface area (Å²) in [6.07, 6.45) is 6.35. The third kappa shape index (κ3) is 1.56. The molecule has 2 amide bonds. The van der Waals surface area contributed by atoms with Gasteiger partial charge in [0.25, 0.3) is 0 Å². The quantitative estimate of drug-likeness (QED) is 0.713. The van der Waals surface area contributed by atoms with E-state index in [0.717, 1.165) is 13.0 Å². The summed E-state index contributed by atoms with van der Waals surface area (Å²) in [7, 11) is 1.45. The van der Waals surface area contributed by atoms with Crippen molar-refractivity contribution >= 4 is 6.03 Å². The van der Waals surface area contributed by atoms with E-state index >= 15 is 0 Å². The lowest BCUT2D eigenvalue weighted by atomic mass is 9.54. The van der Waals surface area contributed by atoms with Crippen LogP contribution in [0.1, 0.15) is 32.1 Å². The number of hydrogen-bond acceptors (Lipinski definition) is 3. The number of hydroxylamine groups is 1. The molecule has 17 heavy (non-hydrogen) atoms. The predicted octanol–water partition coefficient (Wildman–Crippen LogP) is 1.19. The van der Waals surface area contributed by atoms with Crippen LogP contribution in [0.2, 0.25) is 0 Å². The minimum Gasteiger partial charge on any atom is -0.377 e. The third-order valence-electron chi connectivity index (χ3n) is 4.77. The number of ether oxygens (including phenoxy) is 1. The van der Waals surface area contributed by atoms with Gasteiger partial charge in [-0.1, -0.05) is 12.8 Å². The lowest BCUT2D eigenvalue weighted by Gasteiger charge is -2.56. The lowest BCUT2D eigenvalue weighted by Crippen LogP contribution is -2.69. The zero-order chi connectivity index (χ0) is 11.9. The molecule has 0 aromatic heterocycles. The van der Waals surface area contributed by atoms with Gasteiger partial charge in [-0.05, 0) is 19.3 Å². The summed E-state index contributed by atoms with van der Waals surface area (Å²) in [5, 5.41) is 3.07. The van der Waals surface area contributed by atoms with Crippen LogP contribution in [0, 0.1) is 11.3 Å². The molecule has 0 radical (unpaired) electrons. The highest BCUT2D eigenvalue weighted by atomic mass is 16.6. The van der Waals surface area contributed by atoms with Crippen LogP contribution in [0.5, 0.6) is 0 Å². The van der Waals surface area contributed by atoms with Crippen molar-refractivity contribution in [1.29, 1.82) is 0 Å². The number of carbonyl (C=O) groups is 1. The minimum absolute atomic E-state index is 0.215. The monoisotopic (exact) mass is 240 g/mol. The summed E-state index contributed by atoms with van der Waals surface area (Å²) in [5.41, 5.74) is 2.55. The van der Waals surface area contributed by atoms with Gasteiger partial charge in [-0.25, -0.2) is 10.3 Å². The first-order valence-electron chi connectivity index (χ1n) is 6.49. The number of amides is 2. The fourth-order valence-corrected chi connectivity index (χ4v) is 4.17. The molecular weight excluding hydrogens is 220 g/mol. The Morgan fingerprint density at radius 3 is 2.88 bits per heavy atom. The highest BCUT2D eigenvalue weighted by molar-refractivity contribution is 5.73. The largest absolute Gasteiger partial charge is 0.377 e. The molecular formula is C12H20N2O3. The highest BCUT2D eigenvalue weighted by Crippen LogP contribution is 2.60. The Morgan fingerprint density at radius 2 is 2.18 bits per heavy atom. The Bertz CT molecular complexity index is 315.